The van der Waals surface area contributed by atoms with E-state index in [0.29, 0.717) is 25.5 Å². The van der Waals surface area contributed by atoms with Crippen LogP contribution in [0.1, 0.15) is 39.5 Å². The van der Waals surface area contributed by atoms with Gasteiger partial charge < -0.3 is 15.2 Å². The highest BCUT2D eigenvalue weighted by molar-refractivity contribution is 5.80. The van der Waals surface area contributed by atoms with Crippen LogP contribution >= 0.6 is 0 Å². The van der Waals surface area contributed by atoms with Gasteiger partial charge in [0.2, 0.25) is 5.91 Å². The summed E-state index contributed by atoms with van der Waals surface area (Å²) in [5.41, 5.74) is 0.113. The minimum absolute atomic E-state index is 0.113. The molecule has 100 valence electrons. The summed E-state index contributed by atoms with van der Waals surface area (Å²) >= 11 is 0. The zero-order chi connectivity index (χ0) is 12.9. The molecule has 1 unspecified atom stereocenters. The summed E-state index contributed by atoms with van der Waals surface area (Å²) < 4.78 is 5.19. The maximum Gasteiger partial charge on any atom is 0.248 e. The number of nitrogens with one attached hydrogen (secondary N) is 1. The number of amides is 1. The van der Waals surface area contributed by atoms with Gasteiger partial charge in [-0.2, -0.15) is 0 Å². The second kappa shape index (κ2) is 6.36. The molecule has 1 aliphatic rings. The third-order valence-electron chi connectivity index (χ3n) is 3.50. The highest BCUT2D eigenvalue weighted by Gasteiger charge is 2.37. The molecule has 4 nitrogen and oxygen atoms in total. The molecule has 1 amide bonds. The molecule has 1 aliphatic carbocycles. The number of carbonyl (C=O) groups excluding carboxylic acids is 1. The second-order valence-corrected chi connectivity index (χ2v) is 5.65. The summed E-state index contributed by atoms with van der Waals surface area (Å²) in [4.78, 5) is 11.7. The lowest BCUT2D eigenvalue weighted by atomic mass is 9.69. The molecule has 0 spiro atoms. The first kappa shape index (κ1) is 14.5. The Kier molecular flexibility index (Phi) is 5.40. The molecule has 1 saturated carbocycles. The third kappa shape index (κ3) is 4.28. The van der Waals surface area contributed by atoms with Crippen LogP contribution in [0.25, 0.3) is 0 Å². The van der Waals surface area contributed by atoms with E-state index in [9.17, 15) is 9.90 Å². The van der Waals surface area contributed by atoms with Gasteiger partial charge in [-0.3, -0.25) is 4.79 Å². The van der Waals surface area contributed by atoms with Gasteiger partial charge in [-0.1, -0.05) is 20.3 Å². The lowest BCUT2D eigenvalue weighted by Crippen LogP contribution is -2.47. The molecule has 0 saturated heterocycles. The first-order valence-corrected chi connectivity index (χ1v) is 6.44. The van der Waals surface area contributed by atoms with Crippen molar-refractivity contribution in [1.29, 1.82) is 0 Å². The third-order valence-corrected chi connectivity index (χ3v) is 3.50. The number of rotatable bonds is 7. The van der Waals surface area contributed by atoms with Gasteiger partial charge in [0.05, 0.1) is 6.61 Å². The van der Waals surface area contributed by atoms with E-state index in [-0.39, 0.29) is 11.3 Å². The number of methoxy groups -OCH3 is 1. The minimum atomic E-state index is -0.880. The van der Waals surface area contributed by atoms with Crippen molar-refractivity contribution in [1.82, 2.24) is 5.32 Å². The first-order valence-electron chi connectivity index (χ1n) is 6.44. The van der Waals surface area contributed by atoms with Gasteiger partial charge in [-0.05, 0) is 25.2 Å². The first-order chi connectivity index (χ1) is 7.99. The van der Waals surface area contributed by atoms with E-state index >= 15 is 0 Å². The van der Waals surface area contributed by atoms with Crippen molar-refractivity contribution in [3.05, 3.63) is 0 Å². The molecule has 0 aromatic rings. The van der Waals surface area contributed by atoms with Gasteiger partial charge in [-0.25, -0.2) is 0 Å². The van der Waals surface area contributed by atoms with Gasteiger partial charge in [0.15, 0.2) is 0 Å². The molecular formula is C13H25NO3. The number of ether oxygens (including phenoxy) is 1. The summed E-state index contributed by atoms with van der Waals surface area (Å²) in [6.45, 7) is 5.30. The summed E-state index contributed by atoms with van der Waals surface area (Å²) in [5.74, 6) is 0.0773. The SMILES string of the molecule is COCC1(CNC(=O)C(O)CC(C)C)CCC1. The number of aliphatic hydroxyl groups is 1. The predicted molar refractivity (Wildman–Crippen MR) is 66.6 cm³/mol. The zero-order valence-electron chi connectivity index (χ0n) is 11.2. The average Bonchev–Trinajstić information content (AvgIpc) is 2.20. The predicted octanol–water partition coefficient (Wildman–Crippen LogP) is 1.33. The van der Waals surface area contributed by atoms with E-state index in [2.05, 4.69) is 5.32 Å². The normalized spacial score (nSPS) is 19.8. The second-order valence-electron chi connectivity index (χ2n) is 5.65. The molecule has 1 atom stereocenters. The molecule has 17 heavy (non-hydrogen) atoms. The van der Waals surface area contributed by atoms with Crippen LogP contribution < -0.4 is 5.32 Å². The van der Waals surface area contributed by atoms with E-state index < -0.39 is 6.10 Å². The number of hydrogen-bond acceptors (Lipinski definition) is 3. The van der Waals surface area contributed by atoms with Crippen molar-refractivity contribution < 1.29 is 14.6 Å². The Morgan fingerprint density at radius 1 is 1.47 bits per heavy atom. The largest absolute Gasteiger partial charge is 0.384 e. The number of hydrogen-bond donors (Lipinski definition) is 2. The quantitative estimate of drug-likeness (QED) is 0.709. The maximum atomic E-state index is 11.7. The van der Waals surface area contributed by atoms with Gasteiger partial charge in [0.1, 0.15) is 6.10 Å². The van der Waals surface area contributed by atoms with Crippen molar-refractivity contribution in [2.75, 3.05) is 20.3 Å². The van der Waals surface area contributed by atoms with Crippen LogP contribution in [0.2, 0.25) is 0 Å². The highest BCUT2D eigenvalue weighted by atomic mass is 16.5. The molecule has 0 radical (unpaired) electrons. The van der Waals surface area contributed by atoms with E-state index in [0.717, 1.165) is 12.8 Å². The molecule has 4 heteroatoms. The van der Waals surface area contributed by atoms with Crippen LogP contribution in [0.5, 0.6) is 0 Å². The van der Waals surface area contributed by atoms with Crippen LogP contribution in [-0.4, -0.2) is 37.4 Å². The summed E-state index contributed by atoms with van der Waals surface area (Å²) in [7, 11) is 1.69. The van der Waals surface area contributed by atoms with Gasteiger partial charge in [0, 0.05) is 19.1 Å². The average molecular weight is 243 g/mol. The molecule has 1 rings (SSSR count). The standard InChI is InChI=1S/C13H25NO3/c1-10(2)7-11(15)12(16)14-8-13(9-17-3)5-4-6-13/h10-11,15H,4-9H2,1-3H3,(H,14,16). The highest BCUT2D eigenvalue weighted by Crippen LogP contribution is 2.40. The number of carbonyl (C=O) groups is 1. The van der Waals surface area contributed by atoms with Crippen molar-refractivity contribution in [3.63, 3.8) is 0 Å². The fraction of sp³-hybridized carbons (Fsp3) is 0.923. The van der Waals surface area contributed by atoms with Crippen LogP contribution in [0, 0.1) is 11.3 Å². The molecule has 0 aromatic heterocycles. The van der Waals surface area contributed by atoms with Crippen molar-refractivity contribution in [2.24, 2.45) is 11.3 Å². The molecular weight excluding hydrogens is 218 g/mol. The van der Waals surface area contributed by atoms with E-state index in [1.807, 2.05) is 13.8 Å². The molecule has 1 fully saturated rings. The van der Waals surface area contributed by atoms with Crippen molar-refractivity contribution in [2.45, 2.75) is 45.6 Å². The monoisotopic (exact) mass is 243 g/mol. The summed E-state index contributed by atoms with van der Waals surface area (Å²) in [5, 5.41) is 12.5. The number of aliphatic hydroxyl groups excluding tert-OH is 1. The Hall–Kier alpha value is -0.610. The van der Waals surface area contributed by atoms with Crippen LogP contribution in [0.15, 0.2) is 0 Å². The van der Waals surface area contributed by atoms with Crippen molar-refractivity contribution in [3.8, 4) is 0 Å². The van der Waals surface area contributed by atoms with Crippen LogP contribution in [0.3, 0.4) is 0 Å². The minimum Gasteiger partial charge on any atom is -0.384 e. The summed E-state index contributed by atoms with van der Waals surface area (Å²) in [6.07, 6.45) is 3.04. The fourth-order valence-electron chi connectivity index (χ4n) is 2.30. The molecule has 0 aliphatic heterocycles. The van der Waals surface area contributed by atoms with Gasteiger partial charge in [-0.15, -0.1) is 0 Å². The zero-order valence-corrected chi connectivity index (χ0v) is 11.2. The van der Waals surface area contributed by atoms with E-state index in [1.165, 1.54) is 6.42 Å². The van der Waals surface area contributed by atoms with Crippen LogP contribution in [0.4, 0.5) is 0 Å². The fourth-order valence-corrected chi connectivity index (χ4v) is 2.30. The Morgan fingerprint density at radius 3 is 2.53 bits per heavy atom. The Bertz CT molecular complexity index is 249. The summed E-state index contributed by atoms with van der Waals surface area (Å²) in [6, 6.07) is 0. The lowest BCUT2D eigenvalue weighted by Gasteiger charge is -2.41. The smallest absolute Gasteiger partial charge is 0.248 e. The van der Waals surface area contributed by atoms with Crippen molar-refractivity contribution >= 4 is 5.91 Å². The van der Waals surface area contributed by atoms with Crippen LogP contribution in [-0.2, 0) is 9.53 Å². The topological polar surface area (TPSA) is 58.6 Å². The van der Waals surface area contributed by atoms with E-state index in [1.54, 1.807) is 7.11 Å². The van der Waals surface area contributed by atoms with E-state index in [4.69, 9.17) is 4.74 Å². The molecule has 0 heterocycles. The molecule has 0 aromatic carbocycles. The molecule has 2 N–H and O–H groups in total. The van der Waals surface area contributed by atoms with Gasteiger partial charge >= 0.3 is 0 Å². The Morgan fingerprint density at radius 2 is 2.12 bits per heavy atom. The maximum absolute atomic E-state index is 11.7. The Balaban J connectivity index is 2.31. The van der Waals surface area contributed by atoms with Gasteiger partial charge in [0.25, 0.3) is 0 Å². The lowest BCUT2D eigenvalue weighted by molar-refractivity contribution is -0.131. The Labute approximate surface area is 104 Å². The molecule has 0 bridgehead atoms.